The number of hydrogen-bond donors (Lipinski definition) is 2. The largest absolute Gasteiger partial charge is 0.482 e. The fourth-order valence-corrected chi connectivity index (χ4v) is 2.54. The van der Waals surface area contributed by atoms with E-state index in [0.717, 1.165) is 5.52 Å². The third kappa shape index (κ3) is 2.46. The van der Waals surface area contributed by atoms with Crippen LogP contribution in [0.3, 0.4) is 0 Å². The SMILES string of the molecule is C[C@@H]1Oc2ccccc2O[C@@H]1C(=O)Nc1ccc2n[nH]nc2c1. The summed E-state index contributed by atoms with van der Waals surface area (Å²) in [5.74, 6) is 0.945. The molecular formula is C16H14N4O3. The van der Waals surface area contributed by atoms with Gasteiger partial charge in [0.1, 0.15) is 17.1 Å². The van der Waals surface area contributed by atoms with Gasteiger partial charge in [-0.2, -0.15) is 15.4 Å². The lowest BCUT2D eigenvalue weighted by Crippen LogP contribution is -2.46. The van der Waals surface area contributed by atoms with Crippen LogP contribution < -0.4 is 14.8 Å². The summed E-state index contributed by atoms with van der Waals surface area (Å²) in [6, 6.07) is 12.6. The molecule has 7 heteroatoms. The molecule has 2 atom stereocenters. The number of anilines is 1. The van der Waals surface area contributed by atoms with Crippen molar-refractivity contribution in [3.8, 4) is 11.5 Å². The third-order valence-corrected chi connectivity index (χ3v) is 3.68. The van der Waals surface area contributed by atoms with Gasteiger partial charge in [0.25, 0.3) is 5.91 Å². The first-order valence-corrected chi connectivity index (χ1v) is 7.24. The summed E-state index contributed by atoms with van der Waals surface area (Å²) in [5, 5.41) is 13.3. The molecule has 0 fully saturated rings. The second-order valence-electron chi connectivity index (χ2n) is 5.32. The van der Waals surface area contributed by atoms with E-state index in [1.807, 2.05) is 18.2 Å². The molecule has 1 amide bonds. The number of para-hydroxylation sites is 2. The molecule has 0 bridgehead atoms. The Balaban J connectivity index is 1.54. The van der Waals surface area contributed by atoms with E-state index in [1.54, 1.807) is 31.2 Å². The van der Waals surface area contributed by atoms with Crippen LogP contribution in [0.15, 0.2) is 42.5 Å². The number of aromatic amines is 1. The van der Waals surface area contributed by atoms with E-state index in [4.69, 9.17) is 9.47 Å². The molecule has 7 nitrogen and oxygen atoms in total. The molecule has 0 aliphatic carbocycles. The van der Waals surface area contributed by atoms with Crippen molar-refractivity contribution in [3.05, 3.63) is 42.5 Å². The number of amides is 1. The number of nitrogens with one attached hydrogen (secondary N) is 2. The van der Waals surface area contributed by atoms with Crippen molar-refractivity contribution in [2.24, 2.45) is 0 Å². The van der Waals surface area contributed by atoms with Gasteiger partial charge in [0.2, 0.25) is 6.10 Å². The van der Waals surface area contributed by atoms with Gasteiger partial charge in [-0.25, -0.2) is 0 Å². The van der Waals surface area contributed by atoms with Crippen molar-refractivity contribution in [2.45, 2.75) is 19.1 Å². The average Bonchev–Trinajstić information content (AvgIpc) is 3.01. The van der Waals surface area contributed by atoms with Gasteiger partial charge in [-0.1, -0.05) is 12.1 Å². The van der Waals surface area contributed by atoms with Crippen LogP contribution in [0.1, 0.15) is 6.92 Å². The molecule has 116 valence electrons. The number of rotatable bonds is 2. The standard InChI is InChI=1S/C16H14N4O3/c1-9-15(23-14-5-3-2-4-13(14)22-9)16(21)17-10-6-7-11-12(8-10)19-20-18-11/h2-9,15H,1H3,(H,17,21)(H,18,19,20)/t9-,15-/m0/s1. The van der Waals surface area contributed by atoms with E-state index in [9.17, 15) is 4.79 Å². The van der Waals surface area contributed by atoms with Gasteiger partial charge in [-0.05, 0) is 37.3 Å². The highest BCUT2D eigenvalue weighted by Crippen LogP contribution is 2.33. The van der Waals surface area contributed by atoms with Gasteiger partial charge in [-0.3, -0.25) is 4.79 Å². The average molecular weight is 310 g/mol. The first-order valence-electron chi connectivity index (χ1n) is 7.24. The zero-order valence-corrected chi connectivity index (χ0v) is 12.3. The second-order valence-corrected chi connectivity index (χ2v) is 5.32. The number of nitrogens with zero attached hydrogens (tertiary/aromatic N) is 2. The zero-order chi connectivity index (χ0) is 15.8. The summed E-state index contributed by atoms with van der Waals surface area (Å²) in [5.41, 5.74) is 2.05. The number of carbonyl (C=O) groups excluding carboxylic acids is 1. The summed E-state index contributed by atoms with van der Waals surface area (Å²) in [4.78, 5) is 12.5. The fraction of sp³-hybridized carbons (Fsp3) is 0.188. The van der Waals surface area contributed by atoms with Crippen LogP contribution in [0.5, 0.6) is 11.5 Å². The van der Waals surface area contributed by atoms with Crippen LogP contribution >= 0.6 is 0 Å². The topological polar surface area (TPSA) is 89.1 Å². The van der Waals surface area contributed by atoms with E-state index in [-0.39, 0.29) is 12.0 Å². The van der Waals surface area contributed by atoms with Crippen LogP contribution in [-0.2, 0) is 4.79 Å². The maximum atomic E-state index is 12.5. The van der Waals surface area contributed by atoms with Crippen LogP contribution in [0.25, 0.3) is 11.0 Å². The second kappa shape index (κ2) is 5.28. The molecule has 0 unspecified atom stereocenters. The molecule has 23 heavy (non-hydrogen) atoms. The van der Waals surface area contributed by atoms with Gasteiger partial charge in [0.05, 0.1) is 0 Å². The smallest absolute Gasteiger partial charge is 0.269 e. The van der Waals surface area contributed by atoms with Crippen LogP contribution in [0, 0.1) is 0 Å². The third-order valence-electron chi connectivity index (χ3n) is 3.68. The first-order chi connectivity index (χ1) is 11.2. The molecule has 1 aliphatic heterocycles. The number of carbonyl (C=O) groups is 1. The lowest BCUT2D eigenvalue weighted by molar-refractivity contribution is -0.128. The van der Waals surface area contributed by atoms with Gasteiger partial charge in [-0.15, -0.1) is 0 Å². The predicted octanol–water partition coefficient (Wildman–Crippen LogP) is 2.12. The number of benzene rings is 2. The molecule has 1 aliphatic rings. The quantitative estimate of drug-likeness (QED) is 0.757. The van der Waals surface area contributed by atoms with E-state index >= 15 is 0 Å². The van der Waals surface area contributed by atoms with Crippen molar-refractivity contribution in [2.75, 3.05) is 5.32 Å². The predicted molar refractivity (Wildman–Crippen MR) is 83.5 cm³/mol. The summed E-state index contributed by atoms with van der Waals surface area (Å²) in [6.07, 6.45) is -1.11. The van der Waals surface area contributed by atoms with Crippen molar-refractivity contribution < 1.29 is 14.3 Å². The molecule has 2 aromatic carbocycles. The Labute approximate surface area is 131 Å². The summed E-state index contributed by atoms with van der Waals surface area (Å²) in [7, 11) is 0. The maximum Gasteiger partial charge on any atom is 0.269 e. The molecule has 1 aromatic heterocycles. The van der Waals surface area contributed by atoms with Gasteiger partial charge in [0, 0.05) is 5.69 Å². The highest BCUT2D eigenvalue weighted by Gasteiger charge is 2.34. The molecular weight excluding hydrogens is 296 g/mol. The maximum absolute atomic E-state index is 12.5. The van der Waals surface area contributed by atoms with E-state index in [1.165, 1.54) is 0 Å². The number of fused-ring (bicyclic) bond motifs is 2. The van der Waals surface area contributed by atoms with Crippen LogP contribution in [0.2, 0.25) is 0 Å². The van der Waals surface area contributed by atoms with Crippen molar-refractivity contribution in [1.82, 2.24) is 15.4 Å². The minimum Gasteiger partial charge on any atom is -0.482 e. The summed E-state index contributed by atoms with van der Waals surface area (Å²) in [6.45, 7) is 1.81. The van der Waals surface area contributed by atoms with Crippen molar-refractivity contribution in [3.63, 3.8) is 0 Å². The Morgan fingerprint density at radius 1 is 1.09 bits per heavy atom. The lowest BCUT2D eigenvalue weighted by Gasteiger charge is -2.30. The zero-order valence-electron chi connectivity index (χ0n) is 12.3. The summed E-state index contributed by atoms with van der Waals surface area (Å²) < 4.78 is 11.5. The number of H-pyrrole nitrogens is 1. The molecule has 0 radical (unpaired) electrons. The van der Waals surface area contributed by atoms with E-state index < -0.39 is 6.10 Å². The molecule has 0 saturated carbocycles. The van der Waals surface area contributed by atoms with Crippen LogP contribution in [0.4, 0.5) is 5.69 Å². The highest BCUT2D eigenvalue weighted by molar-refractivity contribution is 5.96. The van der Waals surface area contributed by atoms with E-state index in [2.05, 4.69) is 20.7 Å². The Kier molecular flexibility index (Phi) is 3.11. The normalized spacial score (nSPS) is 19.5. The minimum absolute atomic E-state index is 0.269. The van der Waals surface area contributed by atoms with Crippen LogP contribution in [-0.4, -0.2) is 33.5 Å². The molecule has 3 aromatic rings. The molecule has 4 rings (SSSR count). The molecule has 2 heterocycles. The van der Waals surface area contributed by atoms with Crippen molar-refractivity contribution >= 4 is 22.6 Å². The van der Waals surface area contributed by atoms with Gasteiger partial charge >= 0.3 is 0 Å². The molecule has 0 spiro atoms. The summed E-state index contributed by atoms with van der Waals surface area (Å²) >= 11 is 0. The fourth-order valence-electron chi connectivity index (χ4n) is 2.54. The number of ether oxygens (including phenoxy) is 2. The molecule has 0 saturated heterocycles. The lowest BCUT2D eigenvalue weighted by atomic mass is 10.1. The Hall–Kier alpha value is -3.09. The van der Waals surface area contributed by atoms with Gasteiger partial charge < -0.3 is 14.8 Å². The Morgan fingerprint density at radius 3 is 2.65 bits per heavy atom. The molecule has 2 N–H and O–H groups in total. The number of aromatic nitrogens is 3. The number of hydrogen-bond acceptors (Lipinski definition) is 5. The monoisotopic (exact) mass is 310 g/mol. The van der Waals surface area contributed by atoms with E-state index in [0.29, 0.717) is 22.7 Å². The Bertz CT molecular complexity index is 876. The first kappa shape index (κ1) is 13.6. The Morgan fingerprint density at radius 2 is 1.83 bits per heavy atom. The van der Waals surface area contributed by atoms with Crippen molar-refractivity contribution in [1.29, 1.82) is 0 Å². The van der Waals surface area contributed by atoms with Gasteiger partial charge in [0.15, 0.2) is 11.5 Å². The highest BCUT2D eigenvalue weighted by atomic mass is 16.6. The minimum atomic E-state index is -0.724.